The van der Waals surface area contributed by atoms with Crippen molar-refractivity contribution < 1.29 is 4.79 Å². The lowest BCUT2D eigenvalue weighted by Gasteiger charge is -2.15. The molecule has 0 bridgehead atoms. The lowest BCUT2D eigenvalue weighted by Crippen LogP contribution is -2.30. The van der Waals surface area contributed by atoms with Crippen molar-refractivity contribution in [3.63, 3.8) is 0 Å². The van der Waals surface area contributed by atoms with Crippen LogP contribution in [0.4, 0.5) is 0 Å². The van der Waals surface area contributed by atoms with Gasteiger partial charge < -0.3 is 14.8 Å². The number of hydrogen-bond acceptors (Lipinski definition) is 2. The highest BCUT2D eigenvalue weighted by molar-refractivity contribution is 5.76. The van der Waals surface area contributed by atoms with Crippen LogP contribution in [0, 0.1) is 0 Å². The summed E-state index contributed by atoms with van der Waals surface area (Å²) in [5.41, 5.74) is 1.24. The zero-order valence-corrected chi connectivity index (χ0v) is 11.4. The van der Waals surface area contributed by atoms with Crippen molar-refractivity contribution in [2.75, 3.05) is 19.6 Å². The van der Waals surface area contributed by atoms with E-state index in [1.165, 1.54) is 5.56 Å². The van der Waals surface area contributed by atoms with Crippen LogP contribution in [0.15, 0.2) is 18.5 Å². The lowest BCUT2D eigenvalue weighted by molar-refractivity contribution is -0.130. The van der Waals surface area contributed by atoms with E-state index in [0.717, 1.165) is 32.5 Å². The number of amides is 1. The molecule has 2 rings (SSSR count). The van der Waals surface area contributed by atoms with E-state index < -0.39 is 0 Å². The van der Waals surface area contributed by atoms with Gasteiger partial charge in [-0.2, -0.15) is 0 Å². The van der Waals surface area contributed by atoms with Gasteiger partial charge in [-0.3, -0.25) is 4.79 Å². The molecule has 18 heavy (non-hydrogen) atoms. The highest BCUT2D eigenvalue weighted by Gasteiger charge is 2.18. The second-order valence-corrected chi connectivity index (χ2v) is 4.98. The summed E-state index contributed by atoms with van der Waals surface area (Å²) in [4.78, 5) is 14.0. The van der Waals surface area contributed by atoms with Crippen LogP contribution < -0.4 is 5.32 Å². The summed E-state index contributed by atoms with van der Waals surface area (Å²) in [5.74, 6) is 0.241. The minimum atomic E-state index is 0.241. The smallest absolute Gasteiger partial charge is 0.242 e. The molecule has 0 aliphatic carbocycles. The average Bonchev–Trinajstić information content (AvgIpc) is 2.99. The largest absolute Gasteiger partial charge is 0.345 e. The van der Waals surface area contributed by atoms with Crippen LogP contribution in [-0.2, 0) is 11.3 Å². The van der Waals surface area contributed by atoms with Gasteiger partial charge in [0.15, 0.2) is 0 Å². The van der Waals surface area contributed by atoms with Crippen LogP contribution in [0.1, 0.15) is 38.3 Å². The van der Waals surface area contributed by atoms with E-state index in [4.69, 9.17) is 0 Å². The number of carbonyl (C=O) groups is 1. The molecule has 1 N–H and O–H groups in total. The molecule has 1 fully saturated rings. The Kier molecular flexibility index (Phi) is 4.42. The molecule has 2 heterocycles. The first-order valence-electron chi connectivity index (χ1n) is 6.87. The Bertz CT molecular complexity index is 393. The Morgan fingerprint density at radius 2 is 2.17 bits per heavy atom. The van der Waals surface area contributed by atoms with Crippen LogP contribution in [-0.4, -0.2) is 35.0 Å². The minimum absolute atomic E-state index is 0.241. The SMILES string of the molecule is CCNC(C)c1ccn(CC(=O)N2CCCC2)c1. The summed E-state index contributed by atoms with van der Waals surface area (Å²) in [6.45, 7) is 7.54. The van der Waals surface area contributed by atoms with E-state index >= 15 is 0 Å². The molecule has 0 radical (unpaired) electrons. The molecule has 1 aliphatic heterocycles. The Morgan fingerprint density at radius 3 is 2.83 bits per heavy atom. The van der Waals surface area contributed by atoms with Crippen molar-refractivity contribution in [2.24, 2.45) is 0 Å². The highest BCUT2D eigenvalue weighted by atomic mass is 16.2. The molecule has 1 aliphatic rings. The summed E-state index contributed by atoms with van der Waals surface area (Å²) >= 11 is 0. The molecule has 4 nitrogen and oxygen atoms in total. The zero-order valence-electron chi connectivity index (χ0n) is 11.4. The number of hydrogen-bond donors (Lipinski definition) is 1. The van der Waals surface area contributed by atoms with Crippen molar-refractivity contribution in [1.29, 1.82) is 0 Å². The van der Waals surface area contributed by atoms with Gasteiger partial charge in [0.1, 0.15) is 6.54 Å². The summed E-state index contributed by atoms with van der Waals surface area (Å²) < 4.78 is 1.99. The number of rotatable bonds is 5. The van der Waals surface area contributed by atoms with E-state index in [0.29, 0.717) is 12.6 Å². The van der Waals surface area contributed by atoms with Gasteiger partial charge in [0, 0.05) is 31.5 Å². The predicted octanol–water partition coefficient (Wildman–Crippen LogP) is 1.78. The van der Waals surface area contributed by atoms with Gasteiger partial charge in [0.25, 0.3) is 0 Å². The maximum Gasteiger partial charge on any atom is 0.242 e. The molecule has 1 unspecified atom stereocenters. The number of carbonyl (C=O) groups excluding carboxylic acids is 1. The van der Waals surface area contributed by atoms with E-state index in [1.807, 2.05) is 15.7 Å². The molecule has 1 atom stereocenters. The monoisotopic (exact) mass is 249 g/mol. The Balaban J connectivity index is 1.91. The fraction of sp³-hybridized carbons (Fsp3) is 0.643. The van der Waals surface area contributed by atoms with Crippen molar-refractivity contribution in [3.8, 4) is 0 Å². The van der Waals surface area contributed by atoms with Gasteiger partial charge in [-0.05, 0) is 37.9 Å². The molecule has 0 aromatic carbocycles. The van der Waals surface area contributed by atoms with Crippen LogP contribution in [0.5, 0.6) is 0 Å². The second kappa shape index (κ2) is 6.05. The third-order valence-electron chi connectivity index (χ3n) is 3.56. The molecule has 0 saturated carbocycles. The van der Waals surface area contributed by atoms with Crippen LogP contribution in [0.3, 0.4) is 0 Å². The van der Waals surface area contributed by atoms with Gasteiger partial charge >= 0.3 is 0 Å². The Hall–Kier alpha value is -1.29. The molecular weight excluding hydrogens is 226 g/mol. The highest BCUT2D eigenvalue weighted by Crippen LogP contribution is 2.13. The molecule has 1 saturated heterocycles. The summed E-state index contributed by atoms with van der Waals surface area (Å²) in [7, 11) is 0. The van der Waals surface area contributed by atoms with Crippen LogP contribution in [0.2, 0.25) is 0 Å². The lowest BCUT2D eigenvalue weighted by atomic mass is 10.2. The van der Waals surface area contributed by atoms with E-state index in [9.17, 15) is 4.79 Å². The van der Waals surface area contributed by atoms with Gasteiger partial charge in [0.2, 0.25) is 5.91 Å². The number of nitrogens with zero attached hydrogens (tertiary/aromatic N) is 2. The van der Waals surface area contributed by atoms with Crippen molar-refractivity contribution in [1.82, 2.24) is 14.8 Å². The van der Waals surface area contributed by atoms with Crippen LogP contribution in [0.25, 0.3) is 0 Å². The van der Waals surface area contributed by atoms with Crippen LogP contribution >= 0.6 is 0 Å². The maximum atomic E-state index is 12.0. The van der Waals surface area contributed by atoms with Crippen molar-refractivity contribution >= 4 is 5.91 Å². The van der Waals surface area contributed by atoms with Crippen molar-refractivity contribution in [2.45, 2.75) is 39.3 Å². The Labute approximate surface area is 109 Å². The molecule has 1 amide bonds. The van der Waals surface area contributed by atoms with E-state index in [1.54, 1.807) is 0 Å². The third-order valence-corrected chi connectivity index (χ3v) is 3.56. The normalized spacial score (nSPS) is 17.1. The fourth-order valence-electron chi connectivity index (χ4n) is 2.46. The maximum absolute atomic E-state index is 12.0. The number of aromatic nitrogens is 1. The quantitative estimate of drug-likeness (QED) is 0.863. The first kappa shape index (κ1) is 13.1. The topological polar surface area (TPSA) is 37.3 Å². The average molecular weight is 249 g/mol. The summed E-state index contributed by atoms with van der Waals surface area (Å²) in [5, 5.41) is 3.37. The van der Waals surface area contributed by atoms with Gasteiger partial charge in [-0.15, -0.1) is 0 Å². The summed E-state index contributed by atoms with van der Waals surface area (Å²) in [6.07, 6.45) is 6.37. The first-order valence-corrected chi connectivity index (χ1v) is 6.87. The van der Waals surface area contributed by atoms with Gasteiger partial charge in [-0.25, -0.2) is 0 Å². The molecule has 1 aromatic heterocycles. The number of nitrogens with one attached hydrogen (secondary N) is 1. The van der Waals surface area contributed by atoms with Gasteiger partial charge in [0.05, 0.1) is 0 Å². The minimum Gasteiger partial charge on any atom is -0.345 e. The molecule has 100 valence electrons. The van der Waals surface area contributed by atoms with Crippen molar-refractivity contribution in [3.05, 3.63) is 24.0 Å². The second-order valence-electron chi connectivity index (χ2n) is 4.98. The molecule has 4 heteroatoms. The van der Waals surface area contributed by atoms with E-state index in [2.05, 4.69) is 31.4 Å². The molecular formula is C14H23N3O. The summed E-state index contributed by atoms with van der Waals surface area (Å²) in [6, 6.07) is 2.43. The standard InChI is InChI=1S/C14H23N3O/c1-3-15-12(2)13-6-9-16(10-13)11-14(18)17-7-4-5-8-17/h6,9-10,12,15H,3-5,7-8,11H2,1-2H3. The Morgan fingerprint density at radius 1 is 1.44 bits per heavy atom. The van der Waals surface area contributed by atoms with E-state index in [-0.39, 0.29) is 5.91 Å². The number of likely N-dealkylation sites (tertiary alicyclic amines) is 1. The fourth-order valence-corrected chi connectivity index (χ4v) is 2.46. The third kappa shape index (κ3) is 3.13. The molecule has 0 spiro atoms. The molecule has 1 aromatic rings. The predicted molar refractivity (Wildman–Crippen MR) is 72.3 cm³/mol. The van der Waals surface area contributed by atoms with Gasteiger partial charge in [-0.1, -0.05) is 6.92 Å². The first-order chi connectivity index (χ1) is 8.70. The zero-order chi connectivity index (χ0) is 13.0.